The second-order valence-electron chi connectivity index (χ2n) is 12.9. The first-order valence-corrected chi connectivity index (χ1v) is 15.2. The highest BCUT2D eigenvalue weighted by Crippen LogP contribution is 2.58. The van der Waals surface area contributed by atoms with Gasteiger partial charge in [-0.2, -0.15) is 8.42 Å². The van der Waals surface area contributed by atoms with Crippen molar-refractivity contribution in [2.24, 2.45) is 59.2 Å². The Balaban J connectivity index is 1.12. The normalized spacial score (nSPS) is 41.9. The first-order chi connectivity index (χ1) is 17.2. The average Bonchev–Trinajstić information content (AvgIpc) is 2.77. The summed E-state index contributed by atoms with van der Waals surface area (Å²) < 4.78 is 45.2. The van der Waals surface area contributed by atoms with Crippen LogP contribution >= 0.6 is 0 Å². The zero-order valence-electron chi connectivity index (χ0n) is 20.4. The van der Waals surface area contributed by atoms with Crippen LogP contribution in [0.4, 0.5) is 0 Å². The molecule has 0 spiro atoms. The third-order valence-corrected chi connectivity index (χ3v) is 11.4. The predicted molar refractivity (Wildman–Crippen MR) is 129 cm³/mol. The van der Waals surface area contributed by atoms with E-state index in [1.165, 1.54) is 18.9 Å². The summed E-state index contributed by atoms with van der Waals surface area (Å²) in [4.78, 5) is 26.1. The zero-order chi connectivity index (χ0) is 24.8. The molecule has 0 aliphatic heterocycles. The van der Waals surface area contributed by atoms with Crippen molar-refractivity contribution < 1.29 is 32.0 Å². The molecule has 0 saturated heterocycles. The van der Waals surface area contributed by atoms with E-state index in [0.29, 0.717) is 23.7 Å². The van der Waals surface area contributed by atoms with Crippen molar-refractivity contribution in [3.05, 3.63) is 18.2 Å². The lowest BCUT2D eigenvalue weighted by Crippen LogP contribution is -2.49. The number of esters is 2. The minimum atomic E-state index is -4.58. The Morgan fingerprint density at radius 2 is 0.944 bits per heavy atom. The Kier molecular flexibility index (Phi) is 5.34. The van der Waals surface area contributed by atoms with Crippen LogP contribution in [0.2, 0.25) is 0 Å². The minimum absolute atomic E-state index is 0.00295. The van der Waals surface area contributed by atoms with E-state index in [0.717, 1.165) is 87.2 Å². The molecule has 8 fully saturated rings. The summed E-state index contributed by atoms with van der Waals surface area (Å²) in [6.07, 6.45) is 11.1. The predicted octanol–water partition coefficient (Wildman–Crippen LogP) is 4.89. The van der Waals surface area contributed by atoms with Gasteiger partial charge < -0.3 is 9.47 Å². The van der Waals surface area contributed by atoms with Crippen molar-refractivity contribution in [3.63, 3.8) is 0 Å². The van der Waals surface area contributed by atoms with Crippen molar-refractivity contribution in [2.75, 3.05) is 0 Å². The van der Waals surface area contributed by atoms with Gasteiger partial charge in [-0.25, -0.2) is 0 Å². The number of rotatable bonds is 5. The van der Waals surface area contributed by atoms with Crippen molar-refractivity contribution in [3.8, 4) is 11.5 Å². The van der Waals surface area contributed by atoms with Crippen molar-refractivity contribution in [2.45, 2.75) is 69.1 Å². The van der Waals surface area contributed by atoms with E-state index in [1.54, 1.807) is 0 Å². The van der Waals surface area contributed by atoms with Crippen LogP contribution in [0.5, 0.6) is 11.5 Å². The van der Waals surface area contributed by atoms with Crippen LogP contribution in [-0.4, -0.2) is 24.9 Å². The molecule has 0 radical (unpaired) electrons. The standard InChI is InChI=1S/C28H34O7S/c29-27(25-18-3-14-1-15(5-18)6-19(25)4-14)34-22-11-23(13-24(12-22)36(31,32)33)35-28(30)26-20-7-16-2-17(9-20)10-21(26)8-16/h11-21,25-26H,1-10H2,(H,31,32,33). The molecule has 1 aromatic rings. The Morgan fingerprint density at radius 3 is 1.25 bits per heavy atom. The fraction of sp³-hybridized carbons (Fsp3) is 0.714. The van der Waals surface area contributed by atoms with Crippen LogP contribution in [0.15, 0.2) is 23.1 Å². The smallest absolute Gasteiger partial charge is 0.314 e. The number of benzene rings is 1. The highest BCUT2D eigenvalue weighted by molar-refractivity contribution is 7.85. The second-order valence-corrected chi connectivity index (χ2v) is 14.3. The molecule has 0 heterocycles. The fourth-order valence-corrected chi connectivity index (χ4v) is 10.3. The monoisotopic (exact) mass is 514 g/mol. The van der Waals surface area contributed by atoms with Gasteiger partial charge in [0.25, 0.3) is 10.1 Å². The van der Waals surface area contributed by atoms with Crippen LogP contribution in [0.25, 0.3) is 0 Å². The molecule has 0 atom stereocenters. The summed E-state index contributed by atoms with van der Waals surface area (Å²) in [5.74, 6) is 3.15. The lowest BCUT2D eigenvalue weighted by Gasteiger charge is -2.53. The fourth-order valence-electron chi connectivity index (χ4n) is 9.80. The van der Waals surface area contributed by atoms with Crippen LogP contribution < -0.4 is 9.47 Å². The van der Waals surface area contributed by atoms with E-state index < -0.39 is 15.0 Å². The molecule has 9 rings (SSSR count). The number of ether oxygens (including phenoxy) is 2. The number of carbonyl (C=O) groups excluding carboxylic acids is 2. The van der Waals surface area contributed by atoms with Crippen molar-refractivity contribution in [1.29, 1.82) is 0 Å². The van der Waals surface area contributed by atoms with Gasteiger partial charge in [0, 0.05) is 18.2 Å². The maximum absolute atomic E-state index is 13.3. The SMILES string of the molecule is O=C(Oc1cc(OC(=O)C2C3CC4CC(C3)CC2C4)cc(S(=O)(=O)O)c1)C1C2CC3CC(C2)CC1C3. The summed E-state index contributed by atoms with van der Waals surface area (Å²) in [6.45, 7) is 0. The largest absolute Gasteiger partial charge is 0.426 e. The molecule has 0 amide bonds. The average molecular weight is 515 g/mol. The Bertz CT molecular complexity index is 1070. The molecule has 7 nitrogen and oxygen atoms in total. The molecular weight excluding hydrogens is 480 g/mol. The molecule has 8 saturated carbocycles. The van der Waals surface area contributed by atoms with Gasteiger partial charge in [0.05, 0.1) is 11.8 Å². The van der Waals surface area contributed by atoms with E-state index in [9.17, 15) is 22.6 Å². The van der Waals surface area contributed by atoms with Gasteiger partial charge >= 0.3 is 11.9 Å². The molecule has 1 aromatic carbocycles. The van der Waals surface area contributed by atoms with Crippen molar-refractivity contribution >= 4 is 22.1 Å². The molecule has 0 aromatic heterocycles. The summed E-state index contributed by atoms with van der Waals surface area (Å²) >= 11 is 0. The first kappa shape index (κ1) is 23.2. The minimum Gasteiger partial charge on any atom is -0.426 e. The van der Waals surface area contributed by atoms with E-state index in [-0.39, 0.29) is 35.3 Å². The van der Waals surface area contributed by atoms with Crippen LogP contribution in [0.1, 0.15) is 64.2 Å². The summed E-state index contributed by atoms with van der Waals surface area (Å²) in [6, 6.07) is 3.70. The maximum Gasteiger partial charge on any atom is 0.314 e. The quantitative estimate of drug-likeness (QED) is 0.339. The molecule has 194 valence electrons. The van der Waals surface area contributed by atoms with Gasteiger partial charge in [0.1, 0.15) is 16.4 Å². The van der Waals surface area contributed by atoms with Gasteiger partial charge in [-0.15, -0.1) is 0 Å². The van der Waals surface area contributed by atoms with Gasteiger partial charge in [0.15, 0.2) is 0 Å². The molecule has 8 aliphatic carbocycles. The van der Waals surface area contributed by atoms with E-state index in [1.807, 2.05) is 0 Å². The van der Waals surface area contributed by atoms with Crippen molar-refractivity contribution in [1.82, 2.24) is 0 Å². The molecule has 8 bridgehead atoms. The topological polar surface area (TPSA) is 107 Å². The number of hydrogen-bond acceptors (Lipinski definition) is 6. The summed E-state index contributed by atoms with van der Waals surface area (Å²) in [5.41, 5.74) is 0. The lowest BCUT2D eigenvalue weighted by molar-refractivity contribution is -0.153. The number of hydrogen-bond donors (Lipinski definition) is 1. The molecule has 1 N–H and O–H groups in total. The molecule has 8 heteroatoms. The molecule has 0 unspecified atom stereocenters. The van der Waals surface area contributed by atoms with Crippen LogP contribution in [0.3, 0.4) is 0 Å². The van der Waals surface area contributed by atoms with E-state index >= 15 is 0 Å². The second kappa shape index (κ2) is 8.29. The van der Waals surface area contributed by atoms with E-state index in [4.69, 9.17) is 9.47 Å². The first-order valence-electron chi connectivity index (χ1n) is 13.8. The molecule has 8 aliphatic rings. The lowest BCUT2D eigenvalue weighted by atomic mass is 9.52. The highest BCUT2D eigenvalue weighted by Gasteiger charge is 2.52. The summed E-state index contributed by atoms with van der Waals surface area (Å²) in [7, 11) is -4.58. The van der Waals surface area contributed by atoms with Crippen LogP contribution in [-0.2, 0) is 19.7 Å². The van der Waals surface area contributed by atoms with Gasteiger partial charge in [0.2, 0.25) is 0 Å². The Hall–Kier alpha value is -1.93. The highest BCUT2D eigenvalue weighted by atomic mass is 32.2. The molecule has 36 heavy (non-hydrogen) atoms. The van der Waals surface area contributed by atoms with Gasteiger partial charge in [-0.3, -0.25) is 14.1 Å². The summed E-state index contributed by atoms with van der Waals surface area (Å²) in [5, 5.41) is 0. The third-order valence-electron chi connectivity index (χ3n) is 10.6. The zero-order valence-corrected chi connectivity index (χ0v) is 21.2. The van der Waals surface area contributed by atoms with Gasteiger partial charge in [-0.05, 0) is 112 Å². The Morgan fingerprint density at radius 1 is 0.611 bits per heavy atom. The van der Waals surface area contributed by atoms with Gasteiger partial charge in [-0.1, -0.05) is 0 Å². The number of carbonyl (C=O) groups is 2. The molecular formula is C28H34O7S. The third kappa shape index (κ3) is 3.99. The Labute approximate surface area is 212 Å². The maximum atomic E-state index is 13.3. The van der Waals surface area contributed by atoms with E-state index in [2.05, 4.69) is 0 Å². The van der Waals surface area contributed by atoms with Crippen LogP contribution in [0, 0.1) is 59.2 Å².